The molecule has 1 fully saturated rings. The predicted molar refractivity (Wildman–Crippen MR) is 145 cm³/mol. The number of likely N-dealkylation sites (tertiary alicyclic amines) is 1. The summed E-state index contributed by atoms with van der Waals surface area (Å²) in [5.41, 5.74) is 1.81. The molecule has 10 nitrogen and oxygen atoms in total. The van der Waals surface area contributed by atoms with Crippen molar-refractivity contribution in [2.45, 2.75) is 90.3 Å². The highest BCUT2D eigenvalue weighted by molar-refractivity contribution is 7.07. The standard InChI is InChI=1S/C28H38N2O8S/c1-27(2,3)37-25(32)30-15-22(35-26(33)38-28(4,5)6)24(36-23(31)13-10-19-16-39-17-29-19)21(30)14-18-8-11-20(34-7)12-9-18/h8-9,11-12,16-17,21-22,24H,10,13-15H2,1-7H3/t21-,22+,24+/m1/s1. The molecule has 1 aliphatic heterocycles. The molecule has 0 saturated carbocycles. The van der Waals surface area contributed by atoms with E-state index in [9.17, 15) is 14.4 Å². The zero-order valence-electron chi connectivity index (χ0n) is 23.6. The van der Waals surface area contributed by atoms with Crippen LogP contribution < -0.4 is 4.74 Å². The van der Waals surface area contributed by atoms with E-state index >= 15 is 0 Å². The second-order valence-electron chi connectivity index (χ2n) is 11.3. The van der Waals surface area contributed by atoms with Crippen molar-refractivity contribution in [3.63, 3.8) is 0 Å². The summed E-state index contributed by atoms with van der Waals surface area (Å²) >= 11 is 1.45. The molecular formula is C28H38N2O8S. The van der Waals surface area contributed by atoms with Gasteiger partial charge in [-0.1, -0.05) is 12.1 Å². The van der Waals surface area contributed by atoms with Gasteiger partial charge in [-0.15, -0.1) is 11.3 Å². The molecule has 1 aromatic heterocycles. The van der Waals surface area contributed by atoms with Gasteiger partial charge in [0.25, 0.3) is 0 Å². The first-order valence-electron chi connectivity index (χ1n) is 12.8. The molecule has 39 heavy (non-hydrogen) atoms. The van der Waals surface area contributed by atoms with Gasteiger partial charge in [-0.25, -0.2) is 14.6 Å². The van der Waals surface area contributed by atoms with Crippen molar-refractivity contribution >= 4 is 29.6 Å². The van der Waals surface area contributed by atoms with Gasteiger partial charge in [-0.3, -0.25) is 9.69 Å². The van der Waals surface area contributed by atoms with E-state index in [4.69, 9.17) is 23.7 Å². The molecule has 1 amide bonds. The Hall–Kier alpha value is -3.34. The number of esters is 1. The molecule has 11 heteroatoms. The van der Waals surface area contributed by atoms with Crippen molar-refractivity contribution in [3.05, 3.63) is 46.4 Å². The molecule has 1 aromatic carbocycles. The Morgan fingerprint density at radius 2 is 1.67 bits per heavy atom. The first kappa shape index (κ1) is 30.2. The number of thiazole rings is 1. The van der Waals surface area contributed by atoms with Crippen LogP contribution in [0.5, 0.6) is 5.75 Å². The van der Waals surface area contributed by atoms with E-state index in [0.717, 1.165) is 11.3 Å². The monoisotopic (exact) mass is 562 g/mol. The van der Waals surface area contributed by atoms with Crippen LogP contribution in [0.15, 0.2) is 35.2 Å². The van der Waals surface area contributed by atoms with Crippen LogP contribution in [-0.2, 0) is 36.6 Å². The summed E-state index contributed by atoms with van der Waals surface area (Å²) < 4.78 is 27.8. The average Bonchev–Trinajstić information content (AvgIpc) is 3.45. The average molecular weight is 563 g/mol. The largest absolute Gasteiger partial charge is 0.509 e. The van der Waals surface area contributed by atoms with Crippen LogP contribution in [0.1, 0.15) is 59.2 Å². The van der Waals surface area contributed by atoms with Crippen molar-refractivity contribution in [3.8, 4) is 5.75 Å². The number of hydrogen-bond donors (Lipinski definition) is 0. The minimum Gasteiger partial charge on any atom is -0.497 e. The molecule has 1 aliphatic rings. The predicted octanol–water partition coefficient (Wildman–Crippen LogP) is 5.18. The zero-order chi connectivity index (χ0) is 28.8. The summed E-state index contributed by atoms with van der Waals surface area (Å²) in [6.45, 7) is 10.4. The molecule has 0 radical (unpaired) electrons. The number of benzene rings is 1. The third-order valence-electron chi connectivity index (χ3n) is 5.73. The van der Waals surface area contributed by atoms with Gasteiger partial charge in [-0.2, -0.15) is 0 Å². The summed E-state index contributed by atoms with van der Waals surface area (Å²) in [6.07, 6.45) is -2.60. The summed E-state index contributed by atoms with van der Waals surface area (Å²) in [5, 5.41) is 1.87. The zero-order valence-corrected chi connectivity index (χ0v) is 24.4. The van der Waals surface area contributed by atoms with Gasteiger partial charge in [0.2, 0.25) is 0 Å². The normalized spacial score (nSPS) is 19.4. The molecule has 3 rings (SSSR count). The Morgan fingerprint density at radius 1 is 1.00 bits per heavy atom. The van der Waals surface area contributed by atoms with E-state index in [2.05, 4.69) is 4.98 Å². The minimum atomic E-state index is -0.959. The van der Waals surface area contributed by atoms with E-state index < -0.39 is 47.7 Å². The molecule has 2 heterocycles. The van der Waals surface area contributed by atoms with E-state index in [1.165, 1.54) is 16.2 Å². The van der Waals surface area contributed by atoms with Crippen LogP contribution in [0.3, 0.4) is 0 Å². The lowest BCUT2D eigenvalue weighted by molar-refractivity contribution is -0.156. The first-order chi connectivity index (χ1) is 18.2. The highest BCUT2D eigenvalue weighted by atomic mass is 32.1. The number of nitrogens with zero attached hydrogens (tertiary/aromatic N) is 2. The quantitative estimate of drug-likeness (QED) is 0.317. The Labute approximate surface area is 233 Å². The lowest BCUT2D eigenvalue weighted by Crippen LogP contribution is -2.45. The molecule has 0 spiro atoms. The molecule has 0 aliphatic carbocycles. The fraction of sp³-hybridized carbons (Fsp3) is 0.571. The number of hydrogen-bond acceptors (Lipinski definition) is 10. The number of rotatable bonds is 8. The van der Waals surface area contributed by atoms with Crippen molar-refractivity contribution < 1.29 is 38.1 Å². The molecule has 3 atom stereocenters. The van der Waals surface area contributed by atoms with Crippen LogP contribution >= 0.6 is 11.3 Å². The van der Waals surface area contributed by atoms with Crippen LogP contribution in [0, 0.1) is 0 Å². The van der Waals surface area contributed by atoms with Gasteiger partial charge < -0.3 is 23.7 Å². The van der Waals surface area contributed by atoms with Crippen LogP contribution in [0.25, 0.3) is 0 Å². The number of carbonyl (C=O) groups is 3. The lowest BCUT2D eigenvalue weighted by Gasteiger charge is -2.30. The van der Waals surface area contributed by atoms with Crippen LogP contribution in [0.2, 0.25) is 0 Å². The SMILES string of the molecule is COc1ccc(C[C@@H]2[C@H](OC(=O)CCc3cscn3)[C@@H](OC(=O)OC(C)(C)C)CN2C(=O)OC(C)(C)C)cc1. The fourth-order valence-electron chi connectivity index (χ4n) is 4.08. The smallest absolute Gasteiger partial charge is 0.497 e. The van der Waals surface area contributed by atoms with Crippen LogP contribution in [0.4, 0.5) is 9.59 Å². The van der Waals surface area contributed by atoms with Crippen molar-refractivity contribution in [1.82, 2.24) is 9.88 Å². The van der Waals surface area contributed by atoms with Gasteiger partial charge >= 0.3 is 18.2 Å². The number of carbonyl (C=O) groups excluding carboxylic acids is 3. The van der Waals surface area contributed by atoms with Crippen molar-refractivity contribution in [2.24, 2.45) is 0 Å². The molecule has 1 saturated heterocycles. The maximum atomic E-state index is 13.3. The summed E-state index contributed by atoms with van der Waals surface area (Å²) in [5.74, 6) is 0.196. The van der Waals surface area contributed by atoms with Gasteiger partial charge in [0.15, 0.2) is 12.2 Å². The number of aryl methyl sites for hydroxylation is 1. The van der Waals surface area contributed by atoms with Gasteiger partial charge in [0.1, 0.15) is 17.0 Å². The number of methoxy groups -OCH3 is 1. The number of aromatic nitrogens is 1. The summed E-state index contributed by atoms with van der Waals surface area (Å²) in [6, 6.07) is 6.70. The third kappa shape index (κ3) is 9.42. The number of amides is 1. The highest BCUT2D eigenvalue weighted by Crippen LogP contribution is 2.30. The second kappa shape index (κ2) is 12.7. The summed E-state index contributed by atoms with van der Waals surface area (Å²) in [7, 11) is 1.58. The van der Waals surface area contributed by atoms with Gasteiger partial charge in [-0.05, 0) is 65.7 Å². The highest BCUT2D eigenvalue weighted by Gasteiger charge is 2.50. The maximum Gasteiger partial charge on any atom is 0.509 e. The maximum absolute atomic E-state index is 13.3. The van der Waals surface area contributed by atoms with E-state index in [1.807, 2.05) is 29.6 Å². The van der Waals surface area contributed by atoms with E-state index in [-0.39, 0.29) is 13.0 Å². The van der Waals surface area contributed by atoms with Crippen LogP contribution in [-0.4, -0.2) is 71.2 Å². The van der Waals surface area contributed by atoms with Crippen molar-refractivity contribution in [2.75, 3.05) is 13.7 Å². The van der Waals surface area contributed by atoms with Gasteiger partial charge in [0, 0.05) is 11.8 Å². The molecule has 0 bridgehead atoms. The Balaban J connectivity index is 1.89. The fourth-order valence-corrected chi connectivity index (χ4v) is 4.67. The van der Waals surface area contributed by atoms with E-state index in [0.29, 0.717) is 18.6 Å². The summed E-state index contributed by atoms with van der Waals surface area (Å²) in [4.78, 5) is 44.6. The minimum absolute atomic E-state index is 0.0288. The number of ether oxygens (including phenoxy) is 5. The molecule has 0 N–H and O–H groups in total. The Morgan fingerprint density at radius 3 is 2.23 bits per heavy atom. The molecule has 2 aromatic rings. The second-order valence-corrected chi connectivity index (χ2v) is 12.0. The lowest BCUT2D eigenvalue weighted by atomic mass is 10.0. The molecule has 0 unspecified atom stereocenters. The Kier molecular flexibility index (Phi) is 9.82. The molecular weight excluding hydrogens is 524 g/mol. The third-order valence-corrected chi connectivity index (χ3v) is 6.36. The first-order valence-corrected chi connectivity index (χ1v) is 13.8. The Bertz CT molecular complexity index is 1110. The van der Waals surface area contributed by atoms with Crippen molar-refractivity contribution in [1.29, 1.82) is 0 Å². The van der Waals surface area contributed by atoms with Gasteiger partial charge in [0.05, 0.1) is 37.3 Å². The molecule has 214 valence electrons. The van der Waals surface area contributed by atoms with E-state index in [1.54, 1.807) is 54.2 Å². The topological polar surface area (TPSA) is 113 Å².